The van der Waals surface area contributed by atoms with Gasteiger partial charge in [-0.15, -0.1) is 0 Å². The van der Waals surface area contributed by atoms with Gasteiger partial charge in [-0.3, -0.25) is 0 Å². The van der Waals surface area contributed by atoms with Gasteiger partial charge in [-0.25, -0.2) is 0 Å². The predicted molar refractivity (Wildman–Crippen MR) is 61.1 cm³/mol. The molecule has 0 aromatic heterocycles. The van der Waals surface area contributed by atoms with Crippen LogP contribution in [0.5, 0.6) is 5.75 Å². The lowest BCUT2D eigenvalue weighted by molar-refractivity contribution is 0.235. The molecule has 0 fully saturated rings. The molecule has 0 heterocycles. The second-order valence-electron chi connectivity index (χ2n) is 3.10. The van der Waals surface area contributed by atoms with Crippen molar-refractivity contribution in [3.8, 4) is 5.75 Å². The molecule has 77 valence electrons. The molecule has 1 nitrogen and oxygen atoms in total. The number of halogens is 2. The summed E-state index contributed by atoms with van der Waals surface area (Å²) in [6.45, 7) is 5.96. The maximum Gasteiger partial charge on any atom is 0.138 e. The molecular formula is C11H13Cl2O. The molecule has 1 rings (SSSR count). The van der Waals surface area contributed by atoms with E-state index in [9.17, 15) is 0 Å². The monoisotopic (exact) mass is 231 g/mol. The van der Waals surface area contributed by atoms with Crippen LogP contribution in [0.2, 0.25) is 10.0 Å². The summed E-state index contributed by atoms with van der Waals surface area (Å²) in [5.41, 5.74) is 0. The van der Waals surface area contributed by atoms with Crippen molar-refractivity contribution < 1.29 is 4.74 Å². The molecule has 0 spiro atoms. The molecule has 1 aromatic rings. The first-order valence-electron chi connectivity index (χ1n) is 4.58. The molecule has 1 unspecified atom stereocenters. The van der Waals surface area contributed by atoms with Crippen LogP contribution in [-0.4, -0.2) is 6.10 Å². The average molecular weight is 232 g/mol. The first-order chi connectivity index (χ1) is 6.63. The molecule has 0 saturated heterocycles. The van der Waals surface area contributed by atoms with Crippen LogP contribution in [-0.2, 0) is 0 Å². The van der Waals surface area contributed by atoms with Gasteiger partial charge in [-0.2, -0.15) is 0 Å². The fourth-order valence-corrected chi connectivity index (χ4v) is 1.58. The van der Waals surface area contributed by atoms with Crippen molar-refractivity contribution in [1.82, 2.24) is 0 Å². The number of ether oxygens (including phenoxy) is 1. The largest absolute Gasteiger partial charge is 0.489 e. The smallest absolute Gasteiger partial charge is 0.138 e. The standard InChI is InChI=1S/C11H13Cl2O/c1-3-4-8(2)14-11-6-5-9(12)7-10(11)13/h5-8H,2-4H2,1H3. The van der Waals surface area contributed by atoms with Gasteiger partial charge in [-0.1, -0.05) is 36.5 Å². The van der Waals surface area contributed by atoms with Gasteiger partial charge in [0, 0.05) is 5.02 Å². The van der Waals surface area contributed by atoms with Gasteiger partial charge in [0.1, 0.15) is 5.75 Å². The van der Waals surface area contributed by atoms with Gasteiger partial charge >= 0.3 is 0 Å². The Morgan fingerprint density at radius 1 is 1.43 bits per heavy atom. The van der Waals surface area contributed by atoms with E-state index in [2.05, 4.69) is 13.8 Å². The molecule has 0 aliphatic rings. The third-order valence-electron chi connectivity index (χ3n) is 1.80. The Morgan fingerprint density at radius 3 is 2.71 bits per heavy atom. The molecule has 0 saturated carbocycles. The fourth-order valence-electron chi connectivity index (χ4n) is 1.13. The quantitative estimate of drug-likeness (QED) is 0.748. The summed E-state index contributed by atoms with van der Waals surface area (Å²) in [6.07, 6.45) is 1.90. The van der Waals surface area contributed by atoms with Gasteiger partial charge < -0.3 is 4.74 Å². The summed E-state index contributed by atoms with van der Waals surface area (Å²) in [5.74, 6) is 0.643. The van der Waals surface area contributed by atoms with E-state index in [0.29, 0.717) is 15.8 Å². The van der Waals surface area contributed by atoms with E-state index in [1.807, 2.05) is 0 Å². The highest BCUT2D eigenvalue weighted by atomic mass is 35.5. The molecule has 1 aromatic carbocycles. The Bertz CT molecular complexity index is 299. The zero-order chi connectivity index (χ0) is 10.6. The number of benzene rings is 1. The Balaban J connectivity index is 2.67. The Labute approximate surface area is 95.0 Å². The van der Waals surface area contributed by atoms with Gasteiger partial charge in [0.2, 0.25) is 0 Å². The Kier molecular flexibility index (Phi) is 4.56. The van der Waals surface area contributed by atoms with E-state index < -0.39 is 0 Å². The van der Waals surface area contributed by atoms with Crippen LogP contribution in [0.15, 0.2) is 18.2 Å². The van der Waals surface area contributed by atoms with E-state index in [1.165, 1.54) is 0 Å². The van der Waals surface area contributed by atoms with Crippen LogP contribution in [0.4, 0.5) is 0 Å². The summed E-state index contributed by atoms with van der Waals surface area (Å²) < 4.78 is 5.54. The van der Waals surface area contributed by atoms with Crippen LogP contribution >= 0.6 is 23.2 Å². The Morgan fingerprint density at radius 2 is 2.14 bits per heavy atom. The first-order valence-corrected chi connectivity index (χ1v) is 5.34. The van der Waals surface area contributed by atoms with E-state index >= 15 is 0 Å². The summed E-state index contributed by atoms with van der Waals surface area (Å²) in [5, 5.41) is 1.14. The molecule has 0 N–H and O–H groups in total. The normalized spacial score (nSPS) is 12.6. The maximum atomic E-state index is 5.94. The third-order valence-corrected chi connectivity index (χ3v) is 2.33. The molecule has 1 atom stereocenters. The predicted octanol–water partition coefficient (Wildman–Crippen LogP) is 4.37. The van der Waals surface area contributed by atoms with Crippen molar-refractivity contribution in [2.75, 3.05) is 0 Å². The van der Waals surface area contributed by atoms with Gasteiger partial charge in [-0.05, 0) is 31.5 Å². The van der Waals surface area contributed by atoms with E-state index in [0.717, 1.165) is 12.8 Å². The van der Waals surface area contributed by atoms with Crippen molar-refractivity contribution in [2.45, 2.75) is 25.9 Å². The van der Waals surface area contributed by atoms with Gasteiger partial charge in [0.25, 0.3) is 0 Å². The molecule has 0 aliphatic heterocycles. The van der Waals surface area contributed by atoms with Crippen LogP contribution in [0.25, 0.3) is 0 Å². The minimum Gasteiger partial charge on any atom is -0.489 e. The van der Waals surface area contributed by atoms with Crippen LogP contribution in [0.3, 0.4) is 0 Å². The zero-order valence-corrected chi connectivity index (χ0v) is 9.61. The summed E-state index contributed by atoms with van der Waals surface area (Å²) in [4.78, 5) is 0. The lowest BCUT2D eigenvalue weighted by Gasteiger charge is -2.14. The van der Waals surface area contributed by atoms with Crippen LogP contribution < -0.4 is 4.74 Å². The van der Waals surface area contributed by atoms with Crippen molar-refractivity contribution in [3.63, 3.8) is 0 Å². The molecule has 0 amide bonds. The number of rotatable bonds is 4. The molecule has 0 bridgehead atoms. The summed E-state index contributed by atoms with van der Waals surface area (Å²) >= 11 is 11.7. The van der Waals surface area contributed by atoms with Gasteiger partial charge in [0.05, 0.1) is 11.1 Å². The molecule has 0 aliphatic carbocycles. The third kappa shape index (κ3) is 3.39. The second-order valence-corrected chi connectivity index (χ2v) is 3.95. The van der Waals surface area contributed by atoms with E-state index in [-0.39, 0.29) is 6.10 Å². The summed E-state index contributed by atoms with van der Waals surface area (Å²) in [7, 11) is 0. The highest BCUT2D eigenvalue weighted by Crippen LogP contribution is 2.28. The van der Waals surface area contributed by atoms with Crippen LogP contribution in [0.1, 0.15) is 19.8 Å². The van der Waals surface area contributed by atoms with Crippen molar-refractivity contribution in [2.24, 2.45) is 0 Å². The SMILES string of the molecule is [CH2]C(CCC)Oc1ccc(Cl)cc1Cl. The highest BCUT2D eigenvalue weighted by Gasteiger charge is 2.06. The lowest BCUT2D eigenvalue weighted by atomic mass is 10.2. The minimum atomic E-state index is -0.0568. The van der Waals surface area contributed by atoms with Crippen LogP contribution in [0, 0.1) is 6.92 Å². The van der Waals surface area contributed by atoms with Crippen molar-refractivity contribution in [3.05, 3.63) is 35.2 Å². The maximum absolute atomic E-state index is 5.94. The van der Waals surface area contributed by atoms with E-state index in [4.69, 9.17) is 27.9 Å². The number of hydrogen-bond donors (Lipinski definition) is 0. The topological polar surface area (TPSA) is 9.23 Å². The van der Waals surface area contributed by atoms with Crippen molar-refractivity contribution >= 4 is 23.2 Å². The van der Waals surface area contributed by atoms with Gasteiger partial charge in [0.15, 0.2) is 0 Å². The zero-order valence-electron chi connectivity index (χ0n) is 8.09. The summed E-state index contributed by atoms with van der Waals surface area (Å²) in [6, 6.07) is 5.18. The molecular weight excluding hydrogens is 219 g/mol. The molecule has 14 heavy (non-hydrogen) atoms. The lowest BCUT2D eigenvalue weighted by Crippen LogP contribution is -2.11. The minimum absolute atomic E-state index is 0.0568. The molecule has 3 heteroatoms. The Hall–Kier alpha value is -0.400. The second kappa shape index (κ2) is 5.47. The fraction of sp³-hybridized carbons (Fsp3) is 0.364. The first kappa shape index (κ1) is 11.7. The van der Waals surface area contributed by atoms with E-state index in [1.54, 1.807) is 18.2 Å². The average Bonchev–Trinajstić information content (AvgIpc) is 2.10. The molecule has 1 radical (unpaired) electrons. The number of hydrogen-bond acceptors (Lipinski definition) is 1. The van der Waals surface area contributed by atoms with Crippen molar-refractivity contribution in [1.29, 1.82) is 0 Å². The highest BCUT2D eigenvalue weighted by molar-refractivity contribution is 6.35.